The molecule has 0 aliphatic carbocycles. The van der Waals surface area contributed by atoms with Gasteiger partial charge in [-0.25, -0.2) is 9.78 Å². The largest absolute Gasteiger partial charge is 0.477 e. The number of carbonyl (C=O) groups is 1. The fourth-order valence-corrected chi connectivity index (χ4v) is 1.75. The van der Waals surface area contributed by atoms with E-state index in [4.69, 9.17) is 5.11 Å². The molecule has 5 nitrogen and oxygen atoms in total. The van der Waals surface area contributed by atoms with Crippen molar-refractivity contribution >= 4 is 16.9 Å². The van der Waals surface area contributed by atoms with Crippen LogP contribution in [0.25, 0.3) is 10.9 Å². The summed E-state index contributed by atoms with van der Waals surface area (Å²) in [4.78, 5) is 14.9. The maximum absolute atomic E-state index is 10.9. The lowest BCUT2D eigenvalue weighted by molar-refractivity contribution is 0.0690. The number of aliphatic hydroxyl groups is 2. The molecule has 0 aliphatic heterocycles. The molecule has 88 valence electrons. The van der Waals surface area contributed by atoms with Gasteiger partial charge in [0.1, 0.15) is 5.69 Å². The molecule has 3 N–H and O–H groups in total. The highest BCUT2D eigenvalue weighted by molar-refractivity contribution is 5.92. The number of hydrogen-bond donors (Lipinski definition) is 3. The number of para-hydroxylation sites is 1. The molecule has 2 rings (SSSR count). The van der Waals surface area contributed by atoms with Gasteiger partial charge in [0.15, 0.2) is 0 Å². The van der Waals surface area contributed by atoms with E-state index in [0.717, 1.165) is 0 Å². The van der Waals surface area contributed by atoms with Crippen LogP contribution in [0.5, 0.6) is 0 Å². The highest BCUT2D eigenvalue weighted by atomic mass is 16.4. The molecule has 5 heteroatoms. The summed E-state index contributed by atoms with van der Waals surface area (Å²) in [5, 5.41) is 28.0. The van der Waals surface area contributed by atoms with Crippen LogP contribution < -0.4 is 0 Å². The first-order chi connectivity index (χ1) is 8.17. The third-order valence-corrected chi connectivity index (χ3v) is 2.57. The predicted molar refractivity (Wildman–Crippen MR) is 60.5 cm³/mol. The number of fused-ring (bicyclic) bond motifs is 1. The number of carboxylic acids is 1. The van der Waals surface area contributed by atoms with Crippen molar-refractivity contribution in [3.05, 3.63) is 41.1 Å². The second-order valence-electron chi connectivity index (χ2n) is 3.60. The quantitative estimate of drug-likeness (QED) is 0.733. The van der Waals surface area contributed by atoms with Crippen molar-refractivity contribution in [3.8, 4) is 0 Å². The highest BCUT2D eigenvalue weighted by Crippen LogP contribution is 2.22. The number of carboxylic acid groups (broad SMARTS) is 1. The van der Waals surface area contributed by atoms with E-state index in [1.54, 1.807) is 18.2 Å². The third kappa shape index (κ3) is 1.98. The number of rotatable bonds is 3. The van der Waals surface area contributed by atoms with E-state index in [1.165, 1.54) is 6.07 Å². The second kappa shape index (κ2) is 4.48. The molecule has 17 heavy (non-hydrogen) atoms. The number of hydrogen-bond acceptors (Lipinski definition) is 4. The van der Waals surface area contributed by atoms with Crippen molar-refractivity contribution in [2.75, 3.05) is 0 Å². The van der Waals surface area contributed by atoms with Gasteiger partial charge < -0.3 is 15.3 Å². The molecule has 2 aromatic rings. The zero-order valence-electron chi connectivity index (χ0n) is 8.92. The maximum atomic E-state index is 10.9. The summed E-state index contributed by atoms with van der Waals surface area (Å²) in [5.74, 6) is -1.16. The Bertz CT molecular complexity index is 580. The zero-order valence-corrected chi connectivity index (χ0v) is 8.92. The molecule has 0 radical (unpaired) electrons. The van der Waals surface area contributed by atoms with Crippen LogP contribution in [0.1, 0.15) is 21.6 Å². The van der Waals surface area contributed by atoms with Crippen LogP contribution in [0, 0.1) is 0 Å². The number of aliphatic hydroxyl groups excluding tert-OH is 2. The van der Waals surface area contributed by atoms with Crippen molar-refractivity contribution in [3.63, 3.8) is 0 Å². The fourth-order valence-electron chi connectivity index (χ4n) is 1.75. The highest BCUT2D eigenvalue weighted by Gasteiger charge is 2.12. The van der Waals surface area contributed by atoms with Crippen LogP contribution in [0.4, 0.5) is 0 Å². The Morgan fingerprint density at radius 2 is 1.88 bits per heavy atom. The Labute approximate surface area is 97.0 Å². The Balaban J connectivity index is 2.82. The lowest BCUT2D eigenvalue weighted by Gasteiger charge is -2.08. The summed E-state index contributed by atoms with van der Waals surface area (Å²) in [6, 6.07) is 6.47. The molecule has 0 atom stereocenters. The summed E-state index contributed by atoms with van der Waals surface area (Å²) >= 11 is 0. The van der Waals surface area contributed by atoms with E-state index in [9.17, 15) is 15.0 Å². The first-order valence-electron chi connectivity index (χ1n) is 5.04. The van der Waals surface area contributed by atoms with Crippen molar-refractivity contribution in [1.82, 2.24) is 4.98 Å². The first kappa shape index (κ1) is 11.5. The molecule has 0 amide bonds. The van der Waals surface area contributed by atoms with Crippen LogP contribution in [0.3, 0.4) is 0 Å². The van der Waals surface area contributed by atoms with Crippen molar-refractivity contribution in [1.29, 1.82) is 0 Å². The number of aromatic nitrogens is 1. The van der Waals surface area contributed by atoms with Crippen LogP contribution in [-0.2, 0) is 13.2 Å². The lowest BCUT2D eigenvalue weighted by Crippen LogP contribution is -2.04. The number of benzene rings is 1. The monoisotopic (exact) mass is 233 g/mol. The average Bonchev–Trinajstić information content (AvgIpc) is 2.36. The van der Waals surface area contributed by atoms with Gasteiger partial charge in [-0.15, -0.1) is 0 Å². The van der Waals surface area contributed by atoms with E-state index in [-0.39, 0.29) is 18.9 Å². The summed E-state index contributed by atoms with van der Waals surface area (Å²) in [5.41, 5.74) is 1.31. The molecule has 0 spiro atoms. The number of nitrogens with zero attached hydrogens (tertiary/aromatic N) is 1. The van der Waals surface area contributed by atoms with E-state index < -0.39 is 5.97 Å². The van der Waals surface area contributed by atoms with Gasteiger partial charge in [0.2, 0.25) is 0 Å². The minimum absolute atomic E-state index is 0.137. The molecule has 0 bridgehead atoms. The minimum atomic E-state index is -1.16. The molecule has 0 saturated heterocycles. The normalized spacial score (nSPS) is 10.7. The second-order valence-corrected chi connectivity index (χ2v) is 3.60. The summed E-state index contributed by atoms with van der Waals surface area (Å²) in [6.07, 6.45) is 0. The first-order valence-corrected chi connectivity index (χ1v) is 5.04. The van der Waals surface area contributed by atoms with Crippen LogP contribution >= 0.6 is 0 Å². The molecule has 1 aromatic carbocycles. The standard InChI is InChI=1S/C12H11NO4/c14-5-7-2-1-3-9-8(6-15)4-10(12(16)17)13-11(7)9/h1-4,14-15H,5-6H2,(H,16,17). The summed E-state index contributed by atoms with van der Waals surface area (Å²) < 4.78 is 0. The smallest absolute Gasteiger partial charge is 0.354 e. The molecule has 0 fully saturated rings. The Hall–Kier alpha value is -1.98. The SMILES string of the molecule is O=C(O)c1cc(CO)c2cccc(CO)c2n1. The minimum Gasteiger partial charge on any atom is -0.477 e. The van der Waals surface area contributed by atoms with Gasteiger partial charge in [-0.3, -0.25) is 0 Å². The van der Waals surface area contributed by atoms with Gasteiger partial charge >= 0.3 is 5.97 Å². The summed E-state index contributed by atoms with van der Waals surface area (Å²) in [6.45, 7) is -0.494. The summed E-state index contributed by atoms with van der Waals surface area (Å²) in [7, 11) is 0. The molecule has 0 aliphatic rings. The van der Waals surface area contributed by atoms with E-state index in [1.807, 2.05) is 0 Å². The maximum Gasteiger partial charge on any atom is 0.354 e. The topological polar surface area (TPSA) is 90.7 Å². The molecule has 0 unspecified atom stereocenters. The van der Waals surface area contributed by atoms with Gasteiger partial charge in [0.25, 0.3) is 0 Å². The van der Waals surface area contributed by atoms with Gasteiger partial charge in [0.05, 0.1) is 18.7 Å². The molecular formula is C12H11NO4. The van der Waals surface area contributed by atoms with Crippen LogP contribution in [0.2, 0.25) is 0 Å². The van der Waals surface area contributed by atoms with Gasteiger partial charge in [-0.1, -0.05) is 18.2 Å². The fraction of sp³-hybridized carbons (Fsp3) is 0.167. The molecular weight excluding hydrogens is 222 g/mol. The molecule has 1 aromatic heterocycles. The van der Waals surface area contributed by atoms with Gasteiger partial charge in [-0.2, -0.15) is 0 Å². The van der Waals surface area contributed by atoms with Crippen LogP contribution in [-0.4, -0.2) is 26.3 Å². The Kier molecular flexibility index (Phi) is 3.03. The van der Waals surface area contributed by atoms with E-state index >= 15 is 0 Å². The van der Waals surface area contributed by atoms with Crippen molar-refractivity contribution in [2.45, 2.75) is 13.2 Å². The Morgan fingerprint density at radius 1 is 1.18 bits per heavy atom. The average molecular weight is 233 g/mol. The predicted octanol–water partition coefficient (Wildman–Crippen LogP) is 0.918. The number of pyridine rings is 1. The lowest BCUT2D eigenvalue weighted by atomic mass is 10.0. The van der Waals surface area contributed by atoms with Crippen molar-refractivity contribution in [2.24, 2.45) is 0 Å². The third-order valence-electron chi connectivity index (χ3n) is 2.57. The van der Waals surface area contributed by atoms with Gasteiger partial charge in [-0.05, 0) is 11.6 Å². The Morgan fingerprint density at radius 3 is 2.47 bits per heavy atom. The zero-order chi connectivity index (χ0) is 12.4. The molecule has 0 saturated carbocycles. The molecule has 1 heterocycles. The van der Waals surface area contributed by atoms with Crippen molar-refractivity contribution < 1.29 is 20.1 Å². The van der Waals surface area contributed by atoms with E-state index in [2.05, 4.69) is 4.98 Å². The van der Waals surface area contributed by atoms with Gasteiger partial charge in [0, 0.05) is 10.9 Å². The van der Waals surface area contributed by atoms with Crippen LogP contribution in [0.15, 0.2) is 24.3 Å². The number of aromatic carboxylic acids is 1. The van der Waals surface area contributed by atoms with E-state index in [0.29, 0.717) is 22.0 Å².